The number of carbonyl (C=O) groups excluding carboxylic acids is 1. The van der Waals surface area contributed by atoms with Crippen LogP contribution in [-0.4, -0.2) is 32.3 Å². The molecule has 33 heavy (non-hydrogen) atoms. The minimum Gasteiger partial charge on any atom is -0.312 e. The van der Waals surface area contributed by atoms with Gasteiger partial charge in [0.25, 0.3) is 5.56 Å². The number of carbonyl (C=O) groups is 1. The monoisotopic (exact) mass is 496 g/mol. The predicted molar refractivity (Wildman–Crippen MR) is 140 cm³/mol. The van der Waals surface area contributed by atoms with Crippen LogP contribution in [-0.2, 0) is 11.8 Å². The summed E-state index contributed by atoms with van der Waals surface area (Å²) in [6.45, 7) is 6.53. The summed E-state index contributed by atoms with van der Waals surface area (Å²) in [6.07, 6.45) is 0. The first kappa shape index (κ1) is 23.4. The van der Waals surface area contributed by atoms with Crippen molar-refractivity contribution in [2.45, 2.75) is 25.9 Å². The zero-order valence-corrected chi connectivity index (χ0v) is 21.3. The third kappa shape index (κ3) is 4.66. The normalized spacial score (nSPS) is 11.2. The van der Waals surface area contributed by atoms with Crippen LogP contribution in [0.3, 0.4) is 0 Å². The molecule has 0 radical (unpaired) electrons. The fourth-order valence-electron chi connectivity index (χ4n) is 3.57. The predicted octanol–water partition coefficient (Wildman–Crippen LogP) is 5.28. The maximum Gasteiger partial charge on any atom is 0.273 e. The van der Waals surface area contributed by atoms with Gasteiger partial charge in [0.05, 0.1) is 5.75 Å². The molecule has 9 heteroatoms. The Morgan fingerprint density at radius 3 is 2.55 bits per heavy atom. The van der Waals surface area contributed by atoms with Gasteiger partial charge in [0.2, 0.25) is 5.91 Å². The number of hydrogen-bond donors (Lipinski definition) is 0. The third-order valence-corrected chi connectivity index (χ3v) is 7.69. The molecule has 2 aromatic heterocycles. The van der Waals surface area contributed by atoms with E-state index in [1.54, 1.807) is 11.9 Å². The molecule has 0 atom stereocenters. The SMILES string of the molecule is CCN(C(=O)CSc1nc2c(sc(=S)n2-c2ccc(C)cc2)c(=O)n1C)c1cccc(C)c1. The molecule has 4 rings (SSSR count). The van der Waals surface area contributed by atoms with E-state index in [-0.39, 0.29) is 17.2 Å². The van der Waals surface area contributed by atoms with Gasteiger partial charge in [-0.1, -0.05) is 52.9 Å². The van der Waals surface area contributed by atoms with Crippen LogP contribution in [0.25, 0.3) is 16.0 Å². The zero-order chi connectivity index (χ0) is 23.7. The van der Waals surface area contributed by atoms with Crippen molar-refractivity contribution in [1.82, 2.24) is 14.1 Å². The Labute approximate surface area is 205 Å². The topological polar surface area (TPSA) is 60.1 Å². The van der Waals surface area contributed by atoms with E-state index < -0.39 is 0 Å². The van der Waals surface area contributed by atoms with Gasteiger partial charge in [-0.3, -0.25) is 18.7 Å². The van der Waals surface area contributed by atoms with E-state index in [0.717, 1.165) is 22.5 Å². The molecular formula is C24H24N4O2S3. The van der Waals surface area contributed by atoms with Crippen LogP contribution < -0.4 is 10.5 Å². The standard InChI is InChI=1S/C24H24N4O2S3/c1-5-27(18-8-6-7-16(3)13-18)19(29)14-32-23-25-21-20(22(30)26(23)4)33-24(31)28(21)17-11-9-15(2)10-12-17/h6-13H,5,14H2,1-4H3. The largest absolute Gasteiger partial charge is 0.312 e. The number of benzene rings is 2. The first-order valence-corrected chi connectivity index (χ1v) is 12.7. The Balaban J connectivity index is 1.68. The number of rotatable bonds is 6. The summed E-state index contributed by atoms with van der Waals surface area (Å²) < 4.78 is 4.39. The summed E-state index contributed by atoms with van der Waals surface area (Å²) in [5.74, 6) is 0.131. The number of fused-ring (bicyclic) bond motifs is 1. The highest BCUT2D eigenvalue weighted by molar-refractivity contribution is 7.99. The van der Waals surface area contributed by atoms with Crippen LogP contribution >= 0.6 is 35.3 Å². The first-order chi connectivity index (χ1) is 15.8. The molecule has 0 spiro atoms. The fraction of sp³-hybridized carbons (Fsp3) is 0.250. The van der Waals surface area contributed by atoms with E-state index >= 15 is 0 Å². The third-order valence-electron chi connectivity index (χ3n) is 5.32. The second-order valence-electron chi connectivity index (χ2n) is 7.72. The lowest BCUT2D eigenvalue weighted by Crippen LogP contribution is -2.32. The van der Waals surface area contributed by atoms with E-state index in [2.05, 4.69) is 0 Å². The van der Waals surface area contributed by atoms with Crippen LogP contribution in [0.2, 0.25) is 0 Å². The summed E-state index contributed by atoms with van der Waals surface area (Å²) in [5, 5.41) is 0.481. The number of amides is 1. The molecule has 4 aromatic rings. The van der Waals surface area contributed by atoms with Gasteiger partial charge >= 0.3 is 0 Å². The molecule has 0 aliphatic rings. The van der Waals surface area contributed by atoms with Crippen molar-refractivity contribution < 1.29 is 4.79 Å². The lowest BCUT2D eigenvalue weighted by Gasteiger charge is -2.21. The van der Waals surface area contributed by atoms with Crippen molar-refractivity contribution in [1.29, 1.82) is 0 Å². The number of aryl methyl sites for hydroxylation is 2. The zero-order valence-electron chi connectivity index (χ0n) is 18.9. The van der Waals surface area contributed by atoms with E-state index in [9.17, 15) is 9.59 Å². The number of nitrogens with zero attached hydrogens (tertiary/aromatic N) is 4. The van der Waals surface area contributed by atoms with Crippen molar-refractivity contribution >= 4 is 57.3 Å². The molecule has 2 heterocycles. The lowest BCUT2D eigenvalue weighted by atomic mass is 10.2. The Bertz CT molecular complexity index is 1450. The van der Waals surface area contributed by atoms with Gasteiger partial charge in [-0.2, -0.15) is 0 Å². The molecular weight excluding hydrogens is 472 g/mol. The summed E-state index contributed by atoms with van der Waals surface area (Å²) in [7, 11) is 1.68. The molecule has 0 aliphatic carbocycles. The Hall–Kier alpha value is -2.75. The van der Waals surface area contributed by atoms with Gasteiger partial charge in [0.15, 0.2) is 14.8 Å². The molecule has 0 N–H and O–H groups in total. The van der Waals surface area contributed by atoms with Crippen molar-refractivity contribution in [2.24, 2.45) is 7.05 Å². The lowest BCUT2D eigenvalue weighted by molar-refractivity contribution is -0.116. The Morgan fingerprint density at radius 1 is 1.15 bits per heavy atom. The molecule has 0 aliphatic heterocycles. The maximum atomic E-state index is 13.1. The van der Waals surface area contributed by atoms with Gasteiger partial charge in [-0.05, 0) is 62.8 Å². The van der Waals surface area contributed by atoms with Gasteiger partial charge in [0.1, 0.15) is 4.70 Å². The molecule has 0 unspecified atom stereocenters. The van der Waals surface area contributed by atoms with Crippen LogP contribution in [0.4, 0.5) is 5.69 Å². The van der Waals surface area contributed by atoms with Crippen LogP contribution in [0.15, 0.2) is 58.5 Å². The number of thioether (sulfide) groups is 1. The van der Waals surface area contributed by atoms with Crippen molar-refractivity contribution in [3.05, 3.63) is 74.0 Å². The van der Waals surface area contributed by atoms with Crippen molar-refractivity contribution in [3.8, 4) is 5.69 Å². The molecule has 2 aromatic carbocycles. The van der Waals surface area contributed by atoms with Gasteiger partial charge in [0, 0.05) is 25.0 Å². The molecule has 0 fully saturated rings. The van der Waals surface area contributed by atoms with Gasteiger partial charge in [-0.25, -0.2) is 4.98 Å². The van der Waals surface area contributed by atoms with Gasteiger partial charge < -0.3 is 4.90 Å². The maximum absolute atomic E-state index is 13.1. The fourth-order valence-corrected chi connectivity index (χ4v) is 5.75. The van der Waals surface area contributed by atoms with Crippen LogP contribution in [0.1, 0.15) is 18.1 Å². The summed E-state index contributed by atoms with van der Waals surface area (Å²) in [4.78, 5) is 32.6. The molecule has 0 saturated carbocycles. The number of aromatic nitrogens is 3. The van der Waals surface area contributed by atoms with Crippen LogP contribution in [0, 0.1) is 17.8 Å². The van der Waals surface area contributed by atoms with E-state index in [1.807, 2.05) is 73.9 Å². The minimum absolute atomic E-state index is 0.0388. The highest BCUT2D eigenvalue weighted by Gasteiger charge is 2.19. The number of hydrogen-bond acceptors (Lipinski definition) is 6. The van der Waals surface area contributed by atoms with E-state index in [1.165, 1.54) is 27.7 Å². The Morgan fingerprint density at radius 2 is 1.88 bits per heavy atom. The number of thiazole rings is 1. The molecule has 0 saturated heterocycles. The second-order valence-corrected chi connectivity index (χ2v) is 10.3. The summed E-state index contributed by atoms with van der Waals surface area (Å²) in [5.41, 5.74) is 4.32. The molecule has 0 bridgehead atoms. The smallest absolute Gasteiger partial charge is 0.273 e. The molecule has 170 valence electrons. The summed E-state index contributed by atoms with van der Waals surface area (Å²) >= 11 is 8.08. The average molecular weight is 497 g/mol. The highest BCUT2D eigenvalue weighted by Crippen LogP contribution is 2.26. The van der Waals surface area contributed by atoms with Crippen LogP contribution in [0.5, 0.6) is 0 Å². The van der Waals surface area contributed by atoms with Crippen molar-refractivity contribution in [2.75, 3.05) is 17.2 Å². The second kappa shape index (κ2) is 9.62. The average Bonchev–Trinajstić information content (AvgIpc) is 3.12. The van der Waals surface area contributed by atoms with Gasteiger partial charge in [-0.15, -0.1) is 0 Å². The van der Waals surface area contributed by atoms with Crippen molar-refractivity contribution in [3.63, 3.8) is 0 Å². The quantitative estimate of drug-likeness (QED) is 0.207. The first-order valence-electron chi connectivity index (χ1n) is 10.5. The van der Waals surface area contributed by atoms with E-state index in [4.69, 9.17) is 17.2 Å². The Kier molecular flexibility index (Phi) is 6.83. The molecule has 1 amide bonds. The minimum atomic E-state index is -0.164. The highest BCUT2D eigenvalue weighted by atomic mass is 32.2. The summed E-state index contributed by atoms with van der Waals surface area (Å²) in [6, 6.07) is 15.8. The number of anilines is 1. The van der Waals surface area contributed by atoms with E-state index in [0.29, 0.717) is 26.0 Å². The molecule has 6 nitrogen and oxygen atoms in total.